The predicted molar refractivity (Wildman–Crippen MR) is 72.0 cm³/mol. The minimum atomic E-state index is -0.0357. The smallest absolute Gasteiger partial charge is 0.322 e. The van der Waals surface area contributed by atoms with Crippen LogP contribution in [0.15, 0.2) is 0 Å². The van der Waals surface area contributed by atoms with Crippen molar-refractivity contribution in [3.05, 3.63) is 0 Å². The van der Waals surface area contributed by atoms with Crippen LogP contribution in [0.1, 0.15) is 13.3 Å². The molecule has 2 N–H and O–H groups in total. The van der Waals surface area contributed by atoms with E-state index in [0.717, 1.165) is 6.42 Å². The molecule has 0 unspecified atom stereocenters. The van der Waals surface area contributed by atoms with E-state index in [0.29, 0.717) is 12.5 Å². The van der Waals surface area contributed by atoms with Gasteiger partial charge in [-0.1, -0.05) is 6.92 Å². The third-order valence-electron chi connectivity index (χ3n) is 2.40. The van der Waals surface area contributed by atoms with Crippen LogP contribution in [0, 0.1) is 0 Å². The van der Waals surface area contributed by atoms with Gasteiger partial charge < -0.3 is 20.3 Å². The van der Waals surface area contributed by atoms with Gasteiger partial charge in [0.15, 0.2) is 0 Å². The van der Waals surface area contributed by atoms with Gasteiger partial charge in [0.25, 0.3) is 0 Å². The summed E-state index contributed by atoms with van der Waals surface area (Å²) in [5, 5.41) is 0. The molecule has 0 spiro atoms. The summed E-state index contributed by atoms with van der Waals surface area (Å²) < 4.78 is 4.95. The largest absolute Gasteiger partial charge is 0.467 e. The fraction of sp³-hybridized carbons (Fsp3) is 0.636. The molecule has 106 valence electrons. The SMILES string of the molecule is CCCN(CC(=O)N(C)C)c1nc(N)nc(OC)n1. The molecule has 0 bridgehead atoms. The number of hydrogen-bond acceptors (Lipinski definition) is 7. The second-order valence-corrected chi connectivity index (χ2v) is 4.19. The number of aromatic nitrogens is 3. The molecule has 1 heterocycles. The molecule has 0 saturated carbocycles. The normalized spacial score (nSPS) is 10.1. The number of likely N-dealkylation sites (N-methyl/N-ethyl adjacent to an activating group) is 1. The lowest BCUT2D eigenvalue weighted by atomic mass is 10.4. The highest BCUT2D eigenvalue weighted by molar-refractivity contribution is 5.80. The minimum Gasteiger partial charge on any atom is -0.467 e. The van der Waals surface area contributed by atoms with Crippen LogP contribution in [0.3, 0.4) is 0 Å². The number of ether oxygens (including phenoxy) is 1. The monoisotopic (exact) mass is 268 g/mol. The van der Waals surface area contributed by atoms with Gasteiger partial charge in [-0.05, 0) is 6.42 Å². The maximum absolute atomic E-state index is 11.8. The van der Waals surface area contributed by atoms with Crippen LogP contribution >= 0.6 is 0 Å². The number of methoxy groups -OCH3 is 1. The molecule has 0 radical (unpaired) electrons. The van der Waals surface area contributed by atoms with Gasteiger partial charge in [0.1, 0.15) is 0 Å². The van der Waals surface area contributed by atoms with Gasteiger partial charge in [-0.15, -0.1) is 0 Å². The van der Waals surface area contributed by atoms with E-state index in [9.17, 15) is 4.79 Å². The van der Waals surface area contributed by atoms with Gasteiger partial charge in [-0.2, -0.15) is 15.0 Å². The van der Waals surface area contributed by atoms with Gasteiger partial charge in [-0.3, -0.25) is 4.79 Å². The molecular formula is C11H20N6O2. The van der Waals surface area contributed by atoms with Gasteiger partial charge in [0.2, 0.25) is 17.8 Å². The van der Waals surface area contributed by atoms with Crippen LogP contribution in [0.2, 0.25) is 0 Å². The molecule has 1 amide bonds. The topological polar surface area (TPSA) is 97.5 Å². The number of rotatable bonds is 6. The van der Waals surface area contributed by atoms with Crippen molar-refractivity contribution >= 4 is 17.8 Å². The van der Waals surface area contributed by atoms with Gasteiger partial charge >= 0.3 is 6.01 Å². The van der Waals surface area contributed by atoms with Crippen molar-refractivity contribution in [2.75, 3.05) is 44.9 Å². The maximum Gasteiger partial charge on any atom is 0.322 e. The van der Waals surface area contributed by atoms with Crippen molar-refractivity contribution in [3.8, 4) is 6.01 Å². The molecule has 1 aromatic heterocycles. The van der Waals surface area contributed by atoms with Gasteiger partial charge in [0.05, 0.1) is 13.7 Å². The van der Waals surface area contributed by atoms with E-state index in [2.05, 4.69) is 15.0 Å². The second kappa shape index (κ2) is 6.72. The number of hydrogen-bond donors (Lipinski definition) is 1. The predicted octanol–water partition coefficient (Wildman–Crippen LogP) is -0.233. The first-order chi connectivity index (χ1) is 8.97. The zero-order valence-corrected chi connectivity index (χ0v) is 11.8. The highest BCUT2D eigenvalue weighted by Gasteiger charge is 2.16. The number of amides is 1. The summed E-state index contributed by atoms with van der Waals surface area (Å²) in [5.74, 6) is 0.382. The quantitative estimate of drug-likeness (QED) is 0.760. The third-order valence-corrected chi connectivity index (χ3v) is 2.40. The van der Waals surface area contributed by atoms with E-state index in [1.165, 1.54) is 12.0 Å². The molecule has 8 heteroatoms. The number of carbonyl (C=O) groups excluding carboxylic acids is 1. The highest BCUT2D eigenvalue weighted by Crippen LogP contribution is 2.13. The van der Waals surface area contributed by atoms with Crippen molar-refractivity contribution < 1.29 is 9.53 Å². The number of nitrogen functional groups attached to an aromatic ring is 1. The molecule has 0 atom stereocenters. The van der Waals surface area contributed by atoms with Gasteiger partial charge in [0, 0.05) is 20.6 Å². The number of carbonyl (C=O) groups is 1. The second-order valence-electron chi connectivity index (χ2n) is 4.19. The molecule has 0 saturated heterocycles. The van der Waals surface area contributed by atoms with Crippen LogP contribution in [0.5, 0.6) is 6.01 Å². The third kappa shape index (κ3) is 4.23. The Bertz CT molecular complexity index is 437. The van der Waals surface area contributed by atoms with E-state index in [-0.39, 0.29) is 24.4 Å². The van der Waals surface area contributed by atoms with Crippen molar-refractivity contribution in [2.24, 2.45) is 0 Å². The number of nitrogens with zero attached hydrogens (tertiary/aromatic N) is 5. The molecule has 0 fully saturated rings. The molecule has 0 aliphatic rings. The Morgan fingerprint density at radius 3 is 2.53 bits per heavy atom. The Labute approximate surface area is 112 Å². The van der Waals surface area contributed by atoms with Crippen LogP contribution in [0.4, 0.5) is 11.9 Å². The van der Waals surface area contributed by atoms with Crippen LogP contribution in [-0.2, 0) is 4.79 Å². The van der Waals surface area contributed by atoms with Crippen molar-refractivity contribution in [1.82, 2.24) is 19.9 Å². The van der Waals surface area contributed by atoms with E-state index in [1.807, 2.05) is 6.92 Å². The summed E-state index contributed by atoms with van der Waals surface area (Å²) >= 11 is 0. The van der Waals surface area contributed by atoms with Crippen molar-refractivity contribution in [3.63, 3.8) is 0 Å². The van der Waals surface area contributed by atoms with E-state index < -0.39 is 0 Å². The first kappa shape index (κ1) is 14.9. The van der Waals surface area contributed by atoms with Crippen molar-refractivity contribution in [2.45, 2.75) is 13.3 Å². The van der Waals surface area contributed by atoms with Crippen LogP contribution in [-0.4, -0.2) is 60.1 Å². The first-order valence-corrected chi connectivity index (χ1v) is 5.98. The molecule has 19 heavy (non-hydrogen) atoms. The Hall–Kier alpha value is -2.12. The Balaban J connectivity index is 2.97. The maximum atomic E-state index is 11.8. The average Bonchev–Trinajstić information content (AvgIpc) is 2.37. The van der Waals surface area contributed by atoms with E-state index >= 15 is 0 Å². The summed E-state index contributed by atoms with van der Waals surface area (Å²) in [5.41, 5.74) is 5.60. The van der Waals surface area contributed by atoms with E-state index in [4.69, 9.17) is 10.5 Å². The zero-order valence-electron chi connectivity index (χ0n) is 11.8. The lowest BCUT2D eigenvalue weighted by Gasteiger charge is -2.23. The number of nitrogens with two attached hydrogens (primary N) is 1. The van der Waals surface area contributed by atoms with Crippen LogP contribution in [0.25, 0.3) is 0 Å². The molecule has 1 aromatic rings. The standard InChI is InChI=1S/C11H20N6O2/c1-5-6-17(7-8(18)16(2)3)10-13-9(12)14-11(15-10)19-4/h5-7H2,1-4H3,(H2,12,13,14,15). The molecule has 0 aliphatic heterocycles. The number of anilines is 2. The zero-order chi connectivity index (χ0) is 14.4. The summed E-state index contributed by atoms with van der Waals surface area (Å²) in [4.78, 5) is 27.0. The minimum absolute atomic E-state index is 0.0357. The molecular weight excluding hydrogens is 248 g/mol. The summed E-state index contributed by atoms with van der Waals surface area (Å²) in [6.07, 6.45) is 0.856. The summed E-state index contributed by atoms with van der Waals surface area (Å²) in [7, 11) is 4.86. The average molecular weight is 268 g/mol. The lowest BCUT2D eigenvalue weighted by Crippen LogP contribution is -2.38. The highest BCUT2D eigenvalue weighted by atomic mass is 16.5. The molecule has 0 aromatic carbocycles. The molecule has 1 rings (SSSR count). The van der Waals surface area contributed by atoms with Crippen molar-refractivity contribution in [1.29, 1.82) is 0 Å². The Morgan fingerprint density at radius 2 is 2.00 bits per heavy atom. The fourth-order valence-corrected chi connectivity index (χ4v) is 1.42. The molecule has 0 aliphatic carbocycles. The first-order valence-electron chi connectivity index (χ1n) is 5.98. The van der Waals surface area contributed by atoms with Crippen LogP contribution < -0.4 is 15.4 Å². The van der Waals surface area contributed by atoms with Gasteiger partial charge in [-0.25, -0.2) is 0 Å². The fourth-order valence-electron chi connectivity index (χ4n) is 1.42. The summed E-state index contributed by atoms with van der Waals surface area (Å²) in [6, 6.07) is 0.140. The summed E-state index contributed by atoms with van der Waals surface area (Å²) in [6.45, 7) is 2.84. The molecule has 8 nitrogen and oxygen atoms in total. The Morgan fingerprint density at radius 1 is 1.32 bits per heavy atom. The lowest BCUT2D eigenvalue weighted by molar-refractivity contribution is -0.127. The Kier molecular flexibility index (Phi) is 5.28. The van der Waals surface area contributed by atoms with E-state index in [1.54, 1.807) is 19.0 Å².